The van der Waals surface area contributed by atoms with Crippen molar-refractivity contribution < 1.29 is 9.47 Å². The fourth-order valence-corrected chi connectivity index (χ4v) is 3.98. The van der Waals surface area contributed by atoms with E-state index in [9.17, 15) is 0 Å². The minimum absolute atomic E-state index is 0.335. The van der Waals surface area contributed by atoms with E-state index < -0.39 is 0 Å². The zero-order valence-corrected chi connectivity index (χ0v) is 18.6. The van der Waals surface area contributed by atoms with E-state index in [1.807, 2.05) is 19.3 Å². The van der Waals surface area contributed by atoms with Crippen LogP contribution in [0.25, 0.3) is 22.0 Å². The first-order valence-electron chi connectivity index (χ1n) is 9.29. The van der Waals surface area contributed by atoms with Gasteiger partial charge in [-0.2, -0.15) is 5.10 Å². The van der Waals surface area contributed by atoms with Gasteiger partial charge in [-0.25, -0.2) is 9.97 Å². The van der Waals surface area contributed by atoms with Crippen LogP contribution in [0, 0.1) is 0 Å². The predicted molar refractivity (Wildman–Crippen MR) is 123 cm³/mol. The Morgan fingerprint density at radius 1 is 1.06 bits per heavy atom. The molecule has 0 aliphatic rings. The molecule has 0 atom stereocenters. The van der Waals surface area contributed by atoms with E-state index in [1.165, 1.54) is 14.2 Å². The number of hydrogen-bond donors (Lipinski definition) is 2. The van der Waals surface area contributed by atoms with Gasteiger partial charge in [0.25, 0.3) is 0 Å². The van der Waals surface area contributed by atoms with E-state index in [1.54, 1.807) is 29.2 Å². The number of benzene rings is 1. The van der Waals surface area contributed by atoms with Crippen LogP contribution >= 0.6 is 23.2 Å². The minimum atomic E-state index is 0.335. The first-order chi connectivity index (χ1) is 14.9. The van der Waals surface area contributed by atoms with Crippen LogP contribution in [0.5, 0.6) is 11.5 Å². The third-order valence-corrected chi connectivity index (χ3v) is 5.53. The van der Waals surface area contributed by atoms with Crippen molar-refractivity contribution >= 4 is 45.6 Å². The van der Waals surface area contributed by atoms with Gasteiger partial charge in [0.05, 0.1) is 36.2 Å². The molecule has 0 fully saturated rings. The molecule has 3 aromatic heterocycles. The highest BCUT2D eigenvalue weighted by Crippen LogP contribution is 2.46. The van der Waals surface area contributed by atoms with E-state index in [2.05, 4.69) is 15.4 Å². The van der Waals surface area contributed by atoms with E-state index in [-0.39, 0.29) is 0 Å². The maximum Gasteiger partial charge on any atom is 0.141 e. The van der Waals surface area contributed by atoms with Gasteiger partial charge >= 0.3 is 0 Å². The Morgan fingerprint density at radius 2 is 1.77 bits per heavy atom. The van der Waals surface area contributed by atoms with Crippen molar-refractivity contribution in [2.75, 3.05) is 25.3 Å². The van der Waals surface area contributed by atoms with Gasteiger partial charge in [-0.15, -0.1) is 0 Å². The molecule has 0 unspecified atom stereocenters. The van der Waals surface area contributed by atoms with Crippen molar-refractivity contribution in [1.29, 1.82) is 0 Å². The number of nitrogens with one attached hydrogen (secondary N) is 1. The van der Waals surface area contributed by atoms with Crippen molar-refractivity contribution in [1.82, 2.24) is 19.7 Å². The lowest BCUT2D eigenvalue weighted by molar-refractivity contribution is 0.395. The van der Waals surface area contributed by atoms with Crippen LogP contribution in [0.3, 0.4) is 0 Å². The summed E-state index contributed by atoms with van der Waals surface area (Å²) < 4.78 is 12.5. The van der Waals surface area contributed by atoms with Crippen molar-refractivity contribution in [2.45, 2.75) is 6.54 Å². The van der Waals surface area contributed by atoms with Gasteiger partial charge in [0.1, 0.15) is 23.1 Å². The number of anilines is 2. The highest BCUT2D eigenvalue weighted by molar-refractivity contribution is 6.41. The van der Waals surface area contributed by atoms with Crippen LogP contribution in [0.15, 0.2) is 36.8 Å². The molecule has 0 saturated carbocycles. The van der Waals surface area contributed by atoms with Crippen LogP contribution < -0.4 is 20.5 Å². The Kier molecular flexibility index (Phi) is 5.75. The summed E-state index contributed by atoms with van der Waals surface area (Å²) in [6.07, 6.45) is 5.40. The van der Waals surface area contributed by atoms with Crippen LogP contribution in [0.4, 0.5) is 11.6 Å². The van der Waals surface area contributed by atoms with E-state index in [0.29, 0.717) is 51.0 Å². The lowest BCUT2D eigenvalue weighted by Crippen LogP contribution is -2.04. The zero-order valence-electron chi connectivity index (χ0n) is 17.1. The van der Waals surface area contributed by atoms with Crippen LogP contribution in [-0.2, 0) is 13.6 Å². The Hall–Kier alpha value is -3.23. The summed E-state index contributed by atoms with van der Waals surface area (Å²) in [5, 5.41) is 9.86. The Labute approximate surface area is 188 Å². The van der Waals surface area contributed by atoms with Crippen LogP contribution in [0.1, 0.15) is 5.56 Å². The number of nitrogens with two attached hydrogens (primary N) is 1. The third-order valence-electron chi connectivity index (χ3n) is 4.78. The quantitative estimate of drug-likeness (QED) is 0.436. The van der Waals surface area contributed by atoms with Gasteiger partial charge < -0.3 is 20.5 Å². The lowest BCUT2D eigenvalue weighted by Gasteiger charge is -2.16. The fourth-order valence-electron chi connectivity index (χ4n) is 3.28. The molecular formula is C21H20Cl2N6O2. The van der Waals surface area contributed by atoms with Crippen LogP contribution in [0.2, 0.25) is 10.0 Å². The Balaban J connectivity index is 1.89. The summed E-state index contributed by atoms with van der Waals surface area (Å²) in [7, 11) is 4.92. The molecule has 4 aromatic rings. The number of pyridine rings is 2. The maximum atomic E-state index is 6.61. The average molecular weight is 459 g/mol. The van der Waals surface area contributed by atoms with E-state index in [0.717, 1.165) is 16.3 Å². The van der Waals surface area contributed by atoms with Crippen molar-refractivity contribution in [3.8, 4) is 22.8 Å². The van der Waals surface area contributed by atoms with Crippen molar-refractivity contribution in [3.63, 3.8) is 0 Å². The monoisotopic (exact) mass is 458 g/mol. The molecule has 0 bridgehead atoms. The predicted octanol–water partition coefficient (Wildman–Crippen LogP) is 4.55. The standard InChI is InChI=1S/C21H20Cl2N6O2/c1-29-10-11(8-27-29)7-26-21-13-5-17(24)25-9-12(13)4-14(28-21)18-19(22)15(30-2)6-16(31-3)20(18)23/h4-6,8-10H,7H2,1-3H3,(H2,24,25)(H,26,28). The molecule has 0 spiro atoms. The molecule has 0 saturated heterocycles. The number of aromatic nitrogens is 4. The molecular weight excluding hydrogens is 439 g/mol. The SMILES string of the molecule is COc1cc(OC)c(Cl)c(-c2cc3cnc(N)cc3c(NCc3cnn(C)c3)n2)c1Cl. The van der Waals surface area contributed by atoms with Gasteiger partial charge in [0.15, 0.2) is 0 Å². The molecule has 3 heterocycles. The summed E-state index contributed by atoms with van der Waals surface area (Å²) in [6.45, 7) is 0.518. The van der Waals surface area contributed by atoms with Gasteiger partial charge in [0.2, 0.25) is 0 Å². The van der Waals surface area contributed by atoms with Crippen LogP contribution in [-0.4, -0.2) is 34.0 Å². The first kappa shape index (κ1) is 21.0. The molecule has 0 aliphatic carbocycles. The Bertz CT molecular complexity index is 1250. The number of nitrogens with zero attached hydrogens (tertiary/aromatic N) is 4. The number of nitrogen functional groups attached to an aromatic ring is 1. The number of methoxy groups -OCH3 is 2. The second-order valence-electron chi connectivity index (χ2n) is 6.85. The number of ether oxygens (including phenoxy) is 2. The maximum absolute atomic E-state index is 6.61. The molecule has 31 heavy (non-hydrogen) atoms. The van der Waals surface area contributed by atoms with Crippen molar-refractivity contribution in [2.24, 2.45) is 7.05 Å². The van der Waals surface area contributed by atoms with Crippen molar-refractivity contribution in [3.05, 3.63) is 52.4 Å². The average Bonchev–Trinajstić information content (AvgIpc) is 3.17. The smallest absolute Gasteiger partial charge is 0.141 e. The normalized spacial score (nSPS) is 11.0. The van der Waals surface area contributed by atoms with Gasteiger partial charge in [-0.3, -0.25) is 4.68 Å². The second kappa shape index (κ2) is 8.49. The van der Waals surface area contributed by atoms with Gasteiger partial charge in [-0.05, 0) is 12.1 Å². The van der Waals surface area contributed by atoms with E-state index in [4.69, 9.17) is 43.4 Å². The summed E-state index contributed by atoms with van der Waals surface area (Å²) in [5.74, 6) is 1.87. The summed E-state index contributed by atoms with van der Waals surface area (Å²) >= 11 is 13.2. The number of rotatable bonds is 6. The topological polar surface area (TPSA) is 100 Å². The highest BCUT2D eigenvalue weighted by atomic mass is 35.5. The second-order valence-corrected chi connectivity index (χ2v) is 7.60. The molecule has 0 aliphatic heterocycles. The fraction of sp³-hybridized carbons (Fsp3) is 0.190. The molecule has 0 amide bonds. The number of aryl methyl sites for hydroxylation is 1. The number of hydrogen-bond acceptors (Lipinski definition) is 7. The Morgan fingerprint density at radius 3 is 2.39 bits per heavy atom. The first-order valence-corrected chi connectivity index (χ1v) is 10.0. The summed E-state index contributed by atoms with van der Waals surface area (Å²) in [6, 6.07) is 5.26. The minimum Gasteiger partial charge on any atom is -0.495 e. The molecule has 3 N–H and O–H groups in total. The third kappa shape index (κ3) is 4.04. The van der Waals surface area contributed by atoms with Gasteiger partial charge in [0, 0.05) is 54.0 Å². The lowest BCUT2D eigenvalue weighted by atomic mass is 10.1. The molecule has 1 aromatic carbocycles. The summed E-state index contributed by atoms with van der Waals surface area (Å²) in [5.41, 5.74) is 7.97. The zero-order chi connectivity index (χ0) is 22.1. The largest absolute Gasteiger partial charge is 0.495 e. The number of fused-ring (bicyclic) bond motifs is 1. The molecule has 4 rings (SSSR count). The highest BCUT2D eigenvalue weighted by Gasteiger charge is 2.21. The molecule has 10 heteroatoms. The number of halogens is 2. The van der Waals surface area contributed by atoms with Gasteiger partial charge in [-0.1, -0.05) is 23.2 Å². The summed E-state index contributed by atoms with van der Waals surface area (Å²) in [4.78, 5) is 9.02. The van der Waals surface area contributed by atoms with E-state index >= 15 is 0 Å². The molecule has 0 radical (unpaired) electrons. The molecule has 8 nitrogen and oxygen atoms in total. The molecule has 160 valence electrons.